The van der Waals surface area contributed by atoms with E-state index in [2.05, 4.69) is 32.4 Å². The van der Waals surface area contributed by atoms with E-state index in [4.69, 9.17) is 9.97 Å². The maximum atomic E-state index is 13.7. The first kappa shape index (κ1) is 34.4. The summed E-state index contributed by atoms with van der Waals surface area (Å²) in [6, 6.07) is 28.1. The zero-order chi connectivity index (χ0) is 37.0. The van der Waals surface area contributed by atoms with Crippen molar-refractivity contribution in [1.29, 1.82) is 0 Å². The molecular weight excluding hydrogens is 681 g/mol. The monoisotopic (exact) mass is 718 g/mol. The molecule has 0 saturated carbocycles. The molecule has 8 rings (SSSR count). The van der Waals surface area contributed by atoms with E-state index >= 15 is 0 Å². The lowest BCUT2D eigenvalue weighted by Crippen LogP contribution is -2.40. The fraction of sp³-hybridized carbons (Fsp3) is 0.238. The number of hydrogen-bond acceptors (Lipinski definition) is 6. The van der Waals surface area contributed by atoms with Gasteiger partial charge in [-0.25, -0.2) is 9.97 Å². The van der Waals surface area contributed by atoms with E-state index in [1.54, 1.807) is 9.80 Å². The van der Waals surface area contributed by atoms with Gasteiger partial charge >= 0.3 is 0 Å². The smallest absolute Gasteiger partial charge is 0.250 e. The molecule has 12 heteroatoms. The number of nitrogens with one attached hydrogen (secondary N) is 4. The molecule has 54 heavy (non-hydrogen) atoms. The number of amides is 4. The molecule has 0 aliphatic carbocycles. The molecule has 270 valence electrons. The van der Waals surface area contributed by atoms with Crippen molar-refractivity contribution in [3.63, 3.8) is 0 Å². The Kier molecular flexibility index (Phi) is 9.60. The van der Waals surface area contributed by atoms with Crippen molar-refractivity contribution in [2.45, 2.75) is 49.9 Å². The fourth-order valence-electron chi connectivity index (χ4n) is 7.68. The van der Waals surface area contributed by atoms with E-state index in [-0.39, 0.29) is 23.9 Å². The van der Waals surface area contributed by atoms with E-state index in [1.807, 2.05) is 97.1 Å². The van der Waals surface area contributed by atoms with Crippen molar-refractivity contribution in [3.05, 3.63) is 131 Å². The number of benzene rings is 4. The maximum Gasteiger partial charge on any atom is 0.250 e. The van der Waals surface area contributed by atoms with Gasteiger partial charge in [0.2, 0.25) is 24.6 Å². The summed E-state index contributed by atoms with van der Waals surface area (Å²) in [6.07, 6.45) is 4.33. The summed E-state index contributed by atoms with van der Waals surface area (Å²) in [4.78, 5) is 70.4. The van der Waals surface area contributed by atoms with Crippen LogP contribution in [0.5, 0.6) is 0 Å². The first-order valence-electron chi connectivity index (χ1n) is 18.1. The van der Waals surface area contributed by atoms with Gasteiger partial charge in [0.05, 0.1) is 34.2 Å². The van der Waals surface area contributed by atoms with Crippen LogP contribution in [-0.2, 0) is 19.2 Å². The standard InChI is InChI=1S/C42H38N8O4/c51-25-43-37(29-9-3-1-4-10-29)41(53)49-21-7-13-35(49)39-45-31-19-17-27(23-33(31)47-39)15-16-28-18-20-32-34(24-28)48-40(46-32)36-14-8-22-50(36)42(54)38(44-26-52)30-11-5-2-6-12-30/h1-6,9-12,17-20,23-26,35-38H,7-8,13-14,21-22H2,(H,43,51)(H,44,52)(H,45,47)(H,46,48)/t35?,36?,37-,38-/m1/s1. The Bertz CT molecular complexity index is 2230. The highest BCUT2D eigenvalue weighted by Gasteiger charge is 2.37. The second-order valence-corrected chi connectivity index (χ2v) is 13.6. The summed E-state index contributed by atoms with van der Waals surface area (Å²) in [5.74, 6) is 7.62. The third-order valence-corrected chi connectivity index (χ3v) is 10.3. The number of imidazole rings is 2. The highest BCUT2D eigenvalue weighted by atomic mass is 16.2. The molecular formula is C42H38N8O4. The zero-order valence-corrected chi connectivity index (χ0v) is 29.4. The third kappa shape index (κ3) is 6.79. The molecule has 4 aromatic carbocycles. The van der Waals surface area contributed by atoms with Gasteiger partial charge in [0.15, 0.2) is 0 Å². The van der Waals surface area contributed by atoms with Crippen molar-refractivity contribution in [2.75, 3.05) is 13.1 Å². The van der Waals surface area contributed by atoms with Gasteiger partial charge in [-0.1, -0.05) is 72.5 Å². The van der Waals surface area contributed by atoms with Crippen LogP contribution < -0.4 is 10.6 Å². The molecule has 0 radical (unpaired) electrons. The Morgan fingerprint density at radius 2 is 1.07 bits per heavy atom. The molecule has 4 atom stereocenters. The van der Waals surface area contributed by atoms with E-state index in [1.165, 1.54) is 0 Å². The van der Waals surface area contributed by atoms with Crippen LogP contribution in [0.15, 0.2) is 97.1 Å². The molecule has 6 aromatic rings. The Labute approximate surface area is 311 Å². The van der Waals surface area contributed by atoms with Crippen molar-refractivity contribution >= 4 is 46.7 Å². The summed E-state index contributed by atoms with van der Waals surface area (Å²) in [5, 5.41) is 5.40. The summed E-state index contributed by atoms with van der Waals surface area (Å²) in [6.45, 7) is 1.15. The maximum absolute atomic E-state index is 13.7. The van der Waals surface area contributed by atoms with Crippen LogP contribution in [0.3, 0.4) is 0 Å². The number of nitrogens with zero attached hydrogens (tertiary/aromatic N) is 4. The number of aromatic amines is 2. The van der Waals surface area contributed by atoms with Crippen molar-refractivity contribution in [1.82, 2.24) is 40.4 Å². The number of H-pyrrole nitrogens is 2. The minimum Gasteiger partial charge on any atom is -0.343 e. The third-order valence-electron chi connectivity index (χ3n) is 10.3. The van der Waals surface area contributed by atoms with Crippen molar-refractivity contribution in [3.8, 4) is 11.8 Å². The first-order valence-corrected chi connectivity index (χ1v) is 18.1. The second kappa shape index (κ2) is 15.1. The number of carbonyl (C=O) groups excluding carboxylic acids is 4. The summed E-state index contributed by atoms with van der Waals surface area (Å²) < 4.78 is 0. The summed E-state index contributed by atoms with van der Waals surface area (Å²) >= 11 is 0. The molecule has 2 fully saturated rings. The summed E-state index contributed by atoms with van der Waals surface area (Å²) in [7, 11) is 0. The molecule has 2 aliphatic rings. The molecule has 12 nitrogen and oxygen atoms in total. The number of likely N-dealkylation sites (tertiary alicyclic amines) is 2. The van der Waals surface area contributed by atoms with Crippen LogP contribution in [0, 0.1) is 11.8 Å². The molecule has 4 N–H and O–H groups in total. The number of hydrogen-bond donors (Lipinski definition) is 4. The largest absolute Gasteiger partial charge is 0.343 e. The van der Waals surface area contributed by atoms with Crippen LogP contribution in [0.2, 0.25) is 0 Å². The SMILES string of the molecule is O=CN[C@@H](C(=O)N1CCCC1c1nc2ccc(C#Cc3ccc4nc(C5CCCN5C(=O)[C@H](NC=O)c5ccccc5)[nH]c4c3)cc2[nH]1)c1ccccc1. The molecule has 2 unspecified atom stereocenters. The normalized spacial score (nSPS) is 17.9. The zero-order valence-electron chi connectivity index (χ0n) is 29.4. The molecule has 0 bridgehead atoms. The number of rotatable bonds is 10. The van der Waals surface area contributed by atoms with Crippen molar-refractivity contribution < 1.29 is 19.2 Å². The number of fused-ring (bicyclic) bond motifs is 2. The van der Waals surface area contributed by atoms with Gasteiger partial charge in [-0.15, -0.1) is 0 Å². The topological polar surface area (TPSA) is 156 Å². The second-order valence-electron chi connectivity index (χ2n) is 13.6. The van der Waals surface area contributed by atoms with Crippen LogP contribution >= 0.6 is 0 Å². The van der Waals surface area contributed by atoms with Gasteiger partial charge in [-0.05, 0) is 73.2 Å². The predicted molar refractivity (Wildman–Crippen MR) is 202 cm³/mol. The van der Waals surface area contributed by atoms with Crippen molar-refractivity contribution in [2.24, 2.45) is 0 Å². The van der Waals surface area contributed by atoms with E-state index < -0.39 is 12.1 Å². The molecule has 2 saturated heterocycles. The minimum atomic E-state index is -0.769. The quantitative estimate of drug-likeness (QED) is 0.114. The first-order chi connectivity index (χ1) is 26.5. The number of carbonyl (C=O) groups is 4. The van der Waals surface area contributed by atoms with Gasteiger partial charge in [0.1, 0.15) is 23.7 Å². The van der Waals surface area contributed by atoms with Crippen LogP contribution in [0.25, 0.3) is 22.1 Å². The lowest BCUT2D eigenvalue weighted by atomic mass is 10.1. The van der Waals surface area contributed by atoms with Gasteiger partial charge < -0.3 is 30.4 Å². The van der Waals surface area contributed by atoms with Gasteiger partial charge in [-0.3, -0.25) is 19.2 Å². The summed E-state index contributed by atoms with van der Waals surface area (Å²) in [5.41, 5.74) is 6.28. The highest BCUT2D eigenvalue weighted by molar-refractivity contribution is 5.87. The Morgan fingerprint density at radius 3 is 1.48 bits per heavy atom. The molecule has 2 aliphatic heterocycles. The fourth-order valence-corrected chi connectivity index (χ4v) is 7.68. The molecule has 0 spiro atoms. The van der Waals surface area contributed by atoms with Gasteiger partial charge in [-0.2, -0.15) is 0 Å². The highest BCUT2D eigenvalue weighted by Crippen LogP contribution is 2.35. The molecule has 4 heterocycles. The van der Waals surface area contributed by atoms with E-state index in [0.717, 1.165) is 70.0 Å². The van der Waals surface area contributed by atoms with E-state index in [0.29, 0.717) is 37.6 Å². The lowest BCUT2D eigenvalue weighted by molar-refractivity contribution is -0.136. The molecule has 4 amide bonds. The lowest BCUT2D eigenvalue weighted by Gasteiger charge is -2.27. The van der Waals surface area contributed by atoms with Crippen LogP contribution in [0.4, 0.5) is 0 Å². The molecule has 2 aromatic heterocycles. The average Bonchev–Trinajstić information content (AvgIpc) is 4.04. The Hall–Kier alpha value is -6.74. The Balaban J connectivity index is 0.988. The van der Waals surface area contributed by atoms with Crippen LogP contribution in [0.1, 0.15) is 83.8 Å². The van der Waals surface area contributed by atoms with Gasteiger partial charge in [0, 0.05) is 24.2 Å². The average molecular weight is 719 g/mol. The number of aromatic nitrogens is 4. The van der Waals surface area contributed by atoms with Gasteiger partial charge in [0.25, 0.3) is 0 Å². The minimum absolute atomic E-state index is 0.165. The van der Waals surface area contributed by atoms with Crippen LogP contribution in [-0.4, -0.2) is 67.5 Å². The Morgan fingerprint density at radius 1 is 0.648 bits per heavy atom. The van der Waals surface area contributed by atoms with E-state index in [9.17, 15) is 19.2 Å². The predicted octanol–water partition coefficient (Wildman–Crippen LogP) is 5.14.